The van der Waals surface area contributed by atoms with E-state index < -0.39 is 5.97 Å². The molecule has 0 radical (unpaired) electrons. The van der Waals surface area contributed by atoms with Crippen LogP contribution >= 0.6 is 0 Å². The van der Waals surface area contributed by atoms with E-state index in [2.05, 4.69) is 5.10 Å². The molecule has 0 unspecified atom stereocenters. The van der Waals surface area contributed by atoms with Crippen molar-refractivity contribution >= 4 is 5.97 Å². The van der Waals surface area contributed by atoms with Gasteiger partial charge in [0.25, 0.3) is 0 Å². The topological polar surface area (TPSA) is 75.4 Å². The maximum atomic E-state index is 10.7. The number of carbonyl (C=O) groups is 1. The molecule has 1 aromatic rings. The van der Waals surface area contributed by atoms with E-state index in [9.17, 15) is 9.90 Å². The number of carboxylic acids is 1. The molecule has 0 atom stereocenters. The third kappa shape index (κ3) is 1.57. The van der Waals surface area contributed by atoms with Crippen molar-refractivity contribution in [1.29, 1.82) is 0 Å². The van der Waals surface area contributed by atoms with E-state index in [0.29, 0.717) is 5.69 Å². The molecule has 0 saturated heterocycles. The number of hydrogen-bond acceptors (Lipinski definition) is 3. The summed E-state index contributed by atoms with van der Waals surface area (Å²) in [5, 5.41) is 22.1. The fraction of sp³-hybridized carbons (Fsp3) is 0.556. The number of hydrogen-bond donors (Lipinski definition) is 2. The van der Waals surface area contributed by atoms with Gasteiger partial charge in [-0.2, -0.15) is 5.10 Å². The van der Waals surface area contributed by atoms with Gasteiger partial charge in [0, 0.05) is 12.5 Å². The molecule has 14 heavy (non-hydrogen) atoms. The van der Waals surface area contributed by atoms with Crippen molar-refractivity contribution in [3.05, 3.63) is 11.4 Å². The molecule has 0 aliphatic rings. The van der Waals surface area contributed by atoms with Gasteiger partial charge >= 0.3 is 5.97 Å². The summed E-state index contributed by atoms with van der Waals surface area (Å²) in [6.45, 7) is 5.65. The van der Waals surface area contributed by atoms with Crippen molar-refractivity contribution in [3.63, 3.8) is 0 Å². The predicted molar refractivity (Wildman–Crippen MR) is 50.5 cm³/mol. The van der Waals surface area contributed by atoms with Gasteiger partial charge in [-0.3, -0.25) is 4.68 Å². The molecule has 1 aromatic heterocycles. The third-order valence-corrected chi connectivity index (χ3v) is 1.94. The molecule has 0 aliphatic heterocycles. The SMILES string of the molecule is Cn1nc(C(=O)O)c(O)c1C(C)(C)C. The number of nitrogens with zero attached hydrogens (tertiary/aromatic N) is 2. The minimum atomic E-state index is -1.21. The molecule has 78 valence electrons. The Morgan fingerprint density at radius 2 is 1.93 bits per heavy atom. The highest BCUT2D eigenvalue weighted by molar-refractivity contribution is 5.88. The summed E-state index contributed by atoms with van der Waals surface area (Å²) in [5.41, 5.74) is -0.105. The monoisotopic (exact) mass is 198 g/mol. The first-order valence-corrected chi connectivity index (χ1v) is 4.25. The maximum absolute atomic E-state index is 10.7. The first kappa shape index (κ1) is 10.6. The summed E-state index contributed by atoms with van der Waals surface area (Å²) in [7, 11) is 1.62. The van der Waals surface area contributed by atoms with E-state index in [1.54, 1.807) is 7.05 Å². The Morgan fingerprint density at radius 1 is 1.43 bits per heavy atom. The normalized spacial score (nSPS) is 11.7. The van der Waals surface area contributed by atoms with Gasteiger partial charge in [-0.1, -0.05) is 20.8 Å². The van der Waals surface area contributed by atoms with Crippen molar-refractivity contribution in [2.75, 3.05) is 0 Å². The van der Waals surface area contributed by atoms with E-state index in [1.165, 1.54) is 4.68 Å². The molecule has 5 heteroatoms. The van der Waals surface area contributed by atoms with E-state index in [0.717, 1.165) is 0 Å². The highest BCUT2D eigenvalue weighted by atomic mass is 16.4. The van der Waals surface area contributed by atoms with E-state index in [-0.39, 0.29) is 16.9 Å². The van der Waals surface area contributed by atoms with Crippen LogP contribution in [0, 0.1) is 0 Å². The first-order chi connectivity index (χ1) is 6.25. The van der Waals surface area contributed by atoms with Gasteiger partial charge in [0.05, 0.1) is 5.69 Å². The van der Waals surface area contributed by atoms with Gasteiger partial charge in [0.15, 0.2) is 5.75 Å². The highest BCUT2D eigenvalue weighted by Crippen LogP contribution is 2.32. The summed E-state index contributed by atoms with van der Waals surface area (Å²) >= 11 is 0. The van der Waals surface area contributed by atoms with Gasteiger partial charge in [-0.05, 0) is 0 Å². The van der Waals surface area contributed by atoms with E-state index in [4.69, 9.17) is 5.11 Å². The molecule has 0 aromatic carbocycles. The molecular formula is C9H14N2O3. The van der Waals surface area contributed by atoms with E-state index >= 15 is 0 Å². The molecule has 0 saturated carbocycles. The zero-order valence-corrected chi connectivity index (χ0v) is 8.70. The Balaban J connectivity index is 3.40. The fourth-order valence-electron chi connectivity index (χ4n) is 1.50. The van der Waals surface area contributed by atoms with Crippen LogP contribution in [0.3, 0.4) is 0 Å². The average Bonchev–Trinajstić information content (AvgIpc) is 2.24. The highest BCUT2D eigenvalue weighted by Gasteiger charge is 2.28. The van der Waals surface area contributed by atoms with Gasteiger partial charge < -0.3 is 10.2 Å². The second-order valence-electron chi connectivity index (χ2n) is 4.22. The molecule has 5 nitrogen and oxygen atoms in total. The van der Waals surface area contributed by atoms with Crippen LogP contribution in [-0.2, 0) is 12.5 Å². The quantitative estimate of drug-likeness (QED) is 0.709. The second-order valence-corrected chi connectivity index (χ2v) is 4.22. The van der Waals surface area contributed by atoms with Gasteiger partial charge in [0.1, 0.15) is 0 Å². The van der Waals surface area contributed by atoms with Crippen LogP contribution in [-0.4, -0.2) is 26.0 Å². The van der Waals surface area contributed by atoms with Crippen LogP contribution in [0.15, 0.2) is 0 Å². The van der Waals surface area contributed by atoms with Crippen LogP contribution in [0.25, 0.3) is 0 Å². The average molecular weight is 198 g/mol. The Morgan fingerprint density at radius 3 is 2.14 bits per heavy atom. The van der Waals surface area contributed by atoms with Gasteiger partial charge in [-0.25, -0.2) is 4.79 Å². The Kier molecular flexibility index (Phi) is 2.27. The number of rotatable bonds is 1. The van der Waals surface area contributed by atoms with Crippen LogP contribution in [0.1, 0.15) is 37.0 Å². The molecule has 1 heterocycles. The van der Waals surface area contributed by atoms with Crippen molar-refractivity contribution in [2.24, 2.45) is 7.05 Å². The zero-order valence-electron chi connectivity index (χ0n) is 8.70. The maximum Gasteiger partial charge on any atom is 0.360 e. The lowest BCUT2D eigenvalue weighted by Gasteiger charge is -2.18. The largest absolute Gasteiger partial charge is 0.504 e. The molecule has 2 N–H and O–H groups in total. The fourth-order valence-corrected chi connectivity index (χ4v) is 1.50. The number of aryl methyl sites for hydroxylation is 1. The van der Waals surface area contributed by atoms with Gasteiger partial charge in [0.2, 0.25) is 5.69 Å². The summed E-state index contributed by atoms with van der Waals surface area (Å²) in [5.74, 6) is -1.46. The molecule has 0 spiro atoms. The van der Waals surface area contributed by atoms with Crippen molar-refractivity contribution in [3.8, 4) is 5.75 Å². The number of carboxylic acid groups (broad SMARTS) is 1. The molecule has 0 fully saturated rings. The third-order valence-electron chi connectivity index (χ3n) is 1.94. The number of aromatic hydroxyl groups is 1. The Labute approximate surface area is 82.0 Å². The first-order valence-electron chi connectivity index (χ1n) is 4.25. The number of aromatic carboxylic acids is 1. The van der Waals surface area contributed by atoms with Crippen LogP contribution in [0.2, 0.25) is 0 Å². The predicted octanol–water partition coefficient (Wildman–Crippen LogP) is 1.12. The lowest BCUT2D eigenvalue weighted by molar-refractivity contribution is 0.0686. The molecular weight excluding hydrogens is 184 g/mol. The Hall–Kier alpha value is -1.52. The van der Waals surface area contributed by atoms with Crippen molar-refractivity contribution < 1.29 is 15.0 Å². The molecule has 0 amide bonds. The van der Waals surface area contributed by atoms with Crippen LogP contribution in [0.5, 0.6) is 5.75 Å². The summed E-state index contributed by atoms with van der Waals surface area (Å²) < 4.78 is 1.40. The van der Waals surface area contributed by atoms with Crippen LogP contribution < -0.4 is 0 Å². The smallest absolute Gasteiger partial charge is 0.360 e. The lowest BCUT2D eigenvalue weighted by Crippen LogP contribution is -2.16. The summed E-state index contributed by atoms with van der Waals surface area (Å²) in [4.78, 5) is 10.7. The second kappa shape index (κ2) is 3.01. The molecule has 0 bridgehead atoms. The van der Waals surface area contributed by atoms with Crippen molar-refractivity contribution in [1.82, 2.24) is 9.78 Å². The van der Waals surface area contributed by atoms with E-state index in [1.807, 2.05) is 20.8 Å². The zero-order chi connectivity index (χ0) is 11.1. The minimum absolute atomic E-state index is 0.243. The summed E-state index contributed by atoms with van der Waals surface area (Å²) in [6, 6.07) is 0. The molecule has 1 rings (SSSR count). The standard InChI is InChI=1S/C9H14N2O3/c1-9(2,3)7-6(12)5(8(13)14)10-11(7)4/h12H,1-4H3,(H,13,14). The molecule has 0 aliphatic carbocycles. The Bertz CT molecular complexity index is 374. The van der Waals surface area contributed by atoms with Gasteiger partial charge in [-0.15, -0.1) is 0 Å². The lowest BCUT2D eigenvalue weighted by atomic mass is 9.91. The summed E-state index contributed by atoms with van der Waals surface area (Å²) in [6.07, 6.45) is 0. The van der Waals surface area contributed by atoms with Crippen molar-refractivity contribution in [2.45, 2.75) is 26.2 Å². The van der Waals surface area contributed by atoms with Crippen LogP contribution in [0.4, 0.5) is 0 Å². The number of aromatic nitrogens is 2. The minimum Gasteiger partial charge on any atom is -0.504 e.